The minimum Gasteiger partial charge on any atom is -0.335 e. The van der Waals surface area contributed by atoms with Crippen molar-refractivity contribution in [1.29, 1.82) is 0 Å². The van der Waals surface area contributed by atoms with Gasteiger partial charge in [0.25, 0.3) is 0 Å². The van der Waals surface area contributed by atoms with Crippen LogP contribution < -0.4 is 5.32 Å². The van der Waals surface area contributed by atoms with Crippen LogP contribution in [0.4, 0.5) is 5.82 Å². The lowest BCUT2D eigenvalue weighted by Crippen LogP contribution is -2.51. The van der Waals surface area contributed by atoms with Crippen molar-refractivity contribution in [3.05, 3.63) is 58.7 Å². The summed E-state index contributed by atoms with van der Waals surface area (Å²) in [7, 11) is 0. The van der Waals surface area contributed by atoms with Crippen LogP contribution >= 0.6 is 23.2 Å². The summed E-state index contributed by atoms with van der Waals surface area (Å²) in [5.41, 5.74) is 3.61. The maximum absolute atomic E-state index is 12.3. The minimum absolute atomic E-state index is 0.0802. The molecule has 1 aromatic heterocycles. The van der Waals surface area contributed by atoms with Crippen molar-refractivity contribution in [2.45, 2.75) is 19.9 Å². The van der Waals surface area contributed by atoms with Gasteiger partial charge in [-0.25, -0.2) is 4.98 Å². The number of pyridine rings is 1. The average molecular weight is 461 g/mol. The third-order valence-corrected chi connectivity index (χ3v) is 5.35. The van der Waals surface area contributed by atoms with Gasteiger partial charge < -0.3 is 15.1 Å². The van der Waals surface area contributed by atoms with E-state index in [2.05, 4.69) is 10.3 Å². The van der Waals surface area contributed by atoms with Crippen LogP contribution in [0.1, 0.15) is 25.5 Å². The third kappa shape index (κ3) is 5.62. The standard InChI is InChI=1S/C22H22Cl2N4O3/c1-14(29)26-21-12-16(4-6-25-21)17-9-18(11-19(24)10-17)20-13-27(22(31)3-5-23)7-8-28(20)15(2)30/h3-6,9-12,20H,7-8,13H2,1-2H3,(H,25,26,29)/b5-3-/t20-/m0/s1. The lowest BCUT2D eigenvalue weighted by atomic mass is 9.97. The summed E-state index contributed by atoms with van der Waals surface area (Å²) in [4.78, 5) is 43.5. The molecule has 1 aliphatic heterocycles. The number of nitrogens with zero attached hydrogens (tertiary/aromatic N) is 3. The summed E-state index contributed by atoms with van der Waals surface area (Å²) >= 11 is 12.0. The van der Waals surface area contributed by atoms with Crippen molar-refractivity contribution < 1.29 is 14.4 Å². The lowest BCUT2D eigenvalue weighted by Gasteiger charge is -2.41. The van der Waals surface area contributed by atoms with Crippen molar-refractivity contribution in [2.75, 3.05) is 25.0 Å². The van der Waals surface area contributed by atoms with Crippen molar-refractivity contribution in [3.8, 4) is 11.1 Å². The normalized spacial score (nSPS) is 16.5. The molecule has 9 heteroatoms. The Morgan fingerprint density at radius 1 is 1.13 bits per heavy atom. The quantitative estimate of drug-likeness (QED) is 0.702. The summed E-state index contributed by atoms with van der Waals surface area (Å²) in [5.74, 6) is -0.0754. The van der Waals surface area contributed by atoms with E-state index in [1.807, 2.05) is 12.1 Å². The van der Waals surface area contributed by atoms with Crippen LogP contribution in [0.15, 0.2) is 48.1 Å². The van der Waals surface area contributed by atoms with Crippen LogP contribution in [0, 0.1) is 0 Å². The number of benzene rings is 1. The number of carbonyl (C=O) groups is 3. The second-order valence-corrected chi connectivity index (χ2v) is 7.88. The van der Waals surface area contributed by atoms with Crippen molar-refractivity contribution in [1.82, 2.24) is 14.8 Å². The summed E-state index contributed by atoms with van der Waals surface area (Å²) < 4.78 is 0. The van der Waals surface area contributed by atoms with Gasteiger partial charge in [-0.3, -0.25) is 14.4 Å². The molecule has 1 atom stereocenters. The van der Waals surface area contributed by atoms with Gasteiger partial charge in [0.2, 0.25) is 17.7 Å². The van der Waals surface area contributed by atoms with Gasteiger partial charge in [0.1, 0.15) is 5.82 Å². The molecule has 0 radical (unpaired) electrons. The fraction of sp³-hybridized carbons (Fsp3) is 0.273. The molecule has 162 valence electrons. The number of hydrogen-bond donors (Lipinski definition) is 1. The van der Waals surface area contributed by atoms with Gasteiger partial charge in [0.05, 0.1) is 6.04 Å². The van der Waals surface area contributed by atoms with E-state index in [1.54, 1.807) is 34.2 Å². The molecule has 3 amide bonds. The maximum atomic E-state index is 12.3. The fourth-order valence-corrected chi connectivity index (χ4v) is 3.99. The van der Waals surface area contributed by atoms with Crippen molar-refractivity contribution in [2.24, 2.45) is 0 Å². The zero-order chi connectivity index (χ0) is 22.5. The number of piperazine rings is 1. The molecule has 0 saturated carbocycles. The number of carbonyl (C=O) groups excluding carboxylic acids is 3. The van der Waals surface area contributed by atoms with Gasteiger partial charge >= 0.3 is 0 Å². The Labute approximate surface area is 190 Å². The second-order valence-electron chi connectivity index (χ2n) is 7.19. The van der Waals surface area contributed by atoms with Gasteiger partial charge in [0, 0.05) is 56.3 Å². The molecule has 1 aromatic carbocycles. The Kier molecular flexibility index (Phi) is 7.30. The van der Waals surface area contributed by atoms with Crippen LogP contribution in [0.5, 0.6) is 0 Å². The average Bonchev–Trinajstić information content (AvgIpc) is 2.72. The van der Waals surface area contributed by atoms with Gasteiger partial charge in [-0.2, -0.15) is 0 Å². The number of rotatable bonds is 4. The van der Waals surface area contributed by atoms with E-state index in [4.69, 9.17) is 23.2 Å². The largest absolute Gasteiger partial charge is 0.335 e. The molecule has 1 saturated heterocycles. The molecule has 0 unspecified atom stereocenters. The predicted octanol–water partition coefficient (Wildman–Crippen LogP) is 3.84. The fourth-order valence-electron chi connectivity index (χ4n) is 3.63. The third-order valence-electron chi connectivity index (χ3n) is 5.00. The molecule has 1 N–H and O–H groups in total. The van der Waals surface area contributed by atoms with Crippen LogP contribution in [0.25, 0.3) is 11.1 Å². The number of hydrogen-bond acceptors (Lipinski definition) is 4. The first-order chi connectivity index (χ1) is 14.8. The predicted molar refractivity (Wildman–Crippen MR) is 121 cm³/mol. The topological polar surface area (TPSA) is 82.6 Å². The van der Waals surface area contributed by atoms with Gasteiger partial charge in [-0.15, -0.1) is 0 Å². The number of nitrogens with one attached hydrogen (secondary N) is 1. The number of aromatic nitrogens is 1. The summed E-state index contributed by atoms with van der Waals surface area (Å²) in [6, 6.07) is 8.75. The first-order valence-electron chi connectivity index (χ1n) is 9.66. The summed E-state index contributed by atoms with van der Waals surface area (Å²) in [6.07, 6.45) is 2.90. The number of amides is 3. The molecule has 1 fully saturated rings. The molecule has 0 aliphatic carbocycles. The van der Waals surface area contributed by atoms with Gasteiger partial charge in [0.15, 0.2) is 0 Å². The SMILES string of the molecule is CC(=O)Nc1cc(-c2cc(Cl)cc([C@@H]3CN(C(=O)/C=C\Cl)CCN3C(C)=O)c2)ccn1. The number of halogens is 2. The van der Waals surface area contributed by atoms with E-state index in [0.29, 0.717) is 30.5 Å². The van der Waals surface area contributed by atoms with Gasteiger partial charge in [-0.1, -0.05) is 23.2 Å². The van der Waals surface area contributed by atoms with Crippen LogP contribution in [-0.4, -0.2) is 52.1 Å². The zero-order valence-electron chi connectivity index (χ0n) is 17.1. The molecule has 0 bridgehead atoms. The van der Waals surface area contributed by atoms with E-state index in [-0.39, 0.29) is 23.8 Å². The maximum Gasteiger partial charge on any atom is 0.247 e. The van der Waals surface area contributed by atoms with Crippen molar-refractivity contribution in [3.63, 3.8) is 0 Å². The smallest absolute Gasteiger partial charge is 0.247 e. The van der Waals surface area contributed by atoms with E-state index in [9.17, 15) is 14.4 Å². The lowest BCUT2D eigenvalue weighted by molar-refractivity contribution is -0.139. The first kappa shape index (κ1) is 22.8. The molecule has 1 aliphatic rings. The Morgan fingerprint density at radius 3 is 2.58 bits per heavy atom. The Hall–Kier alpha value is -2.90. The van der Waals surface area contributed by atoms with E-state index in [0.717, 1.165) is 16.7 Å². The molecule has 3 rings (SSSR count). The Morgan fingerprint density at radius 2 is 1.90 bits per heavy atom. The monoisotopic (exact) mass is 460 g/mol. The molecule has 2 heterocycles. The highest BCUT2D eigenvalue weighted by Crippen LogP contribution is 2.33. The molecular formula is C22H22Cl2N4O3. The van der Waals surface area contributed by atoms with E-state index >= 15 is 0 Å². The van der Waals surface area contributed by atoms with E-state index in [1.165, 1.54) is 25.5 Å². The van der Waals surface area contributed by atoms with Crippen molar-refractivity contribution >= 4 is 46.7 Å². The molecular weight excluding hydrogens is 439 g/mol. The Balaban J connectivity index is 1.99. The number of anilines is 1. The molecule has 0 spiro atoms. The van der Waals surface area contributed by atoms with Crippen LogP contribution in [0.3, 0.4) is 0 Å². The second kappa shape index (κ2) is 9.94. The van der Waals surface area contributed by atoms with Crippen LogP contribution in [-0.2, 0) is 14.4 Å². The summed E-state index contributed by atoms with van der Waals surface area (Å²) in [5, 5.41) is 3.16. The molecule has 31 heavy (non-hydrogen) atoms. The highest BCUT2D eigenvalue weighted by atomic mass is 35.5. The molecule has 2 aromatic rings. The Bertz CT molecular complexity index is 1040. The van der Waals surface area contributed by atoms with Gasteiger partial charge in [-0.05, 0) is 47.0 Å². The molecule has 7 nitrogen and oxygen atoms in total. The van der Waals surface area contributed by atoms with E-state index < -0.39 is 0 Å². The highest BCUT2D eigenvalue weighted by molar-refractivity contribution is 6.31. The zero-order valence-corrected chi connectivity index (χ0v) is 18.7. The summed E-state index contributed by atoms with van der Waals surface area (Å²) in [6.45, 7) is 4.08. The first-order valence-corrected chi connectivity index (χ1v) is 10.5. The minimum atomic E-state index is -0.354. The van der Waals surface area contributed by atoms with Crippen LogP contribution in [0.2, 0.25) is 5.02 Å². The highest BCUT2D eigenvalue weighted by Gasteiger charge is 2.32.